The van der Waals surface area contributed by atoms with Crippen molar-refractivity contribution in [2.75, 3.05) is 44.2 Å². The van der Waals surface area contributed by atoms with E-state index in [1.54, 1.807) is 21.8 Å². The molecule has 158 valence electrons. The number of halogens is 2. The lowest BCUT2D eigenvalue weighted by atomic mass is 10.3. The second kappa shape index (κ2) is 11.2. The van der Waals surface area contributed by atoms with Crippen molar-refractivity contribution in [3.8, 4) is 5.75 Å². The molecule has 0 aliphatic carbocycles. The van der Waals surface area contributed by atoms with Crippen LogP contribution < -0.4 is 15.0 Å². The number of para-hydroxylation sites is 1. The fourth-order valence-corrected chi connectivity index (χ4v) is 3.16. The smallest absolute Gasteiger partial charge is 0.246 e. The summed E-state index contributed by atoms with van der Waals surface area (Å²) < 4.78 is 7.38. The number of nitrogens with zero attached hydrogens (tertiary/aromatic N) is 5. The number of amides is 1. The first-order valence-electron chi connectivity index (χ1n) is 9.28. The Hall–Kier alpha value is -2.01. The van der Waals surface area contributed by atoms with Crippen LogP contribution in [0.5, 0.6) is 5.75 Å². The zero-order valence-electron chi connectivity index (χ0n) is 16.5. The van der Waals surface area contributed by atoms with Crippen molar-refractivity contribution >= 4 is 53.1 Å². The third kappa shape index (κ3) is 6.23. The third-order valence-electron chi connectivity index (χ3n) is 4.31. The Morgan fingerprint density at radius 2 is 2.14 bits per heavy atom. The average Bonchev–Trinajstić information content (AvgIpc) is 3.11. The Bertz CT molecular complexity index is 844. The first kappa shape index (κ1) is 23.3. The van der Waals surface area contributed by atoms with Crippen molar-refractivity contribution in [3.63, 3.8) is 0 Å². The van der Waals surface area contributed by atoms with E-state index >= 15 is 0 Å². The highest BCUT2D eigenvalue weighted by Gasteiger charge is 2.27. The molecule has 0 saturated carbocycles. The monoisotopic (exact) mass is 532 g/mol. The van der Waals surface area contributed by atoms with E-state index in [0.717, 1.165) is 12.2 Å². The standard InChI is InChI=1S/C19H25ClN6O2.HI/c1-3-21-19(22-8-11-28-17-7-5-4-6-16(17)20)25-9-10-26(18(27)14-25)15-12-23-24(2)13-15;/h4-7,12-13H,3,8-11,14H2,1-2H3,(H,21,22);1H. The van der Waals surface area contributed by atoms with Crippen LogP contribution in [0.15, 0.2) is 41.7 Å². The van der Waals surface area contributed by atoms with Crippen LogP contribution in [0.2, 0.25) is 5.02 Å². The van der Waals surface area contributed by atoms with Crippen molar-refractivity contribution in [3.05, 3.63) is 41.7 Å². The minimum absolute atomic E-state index is 0. The number of carbonyl (C=O) groups is 1. The predicted molar refractivity (Wildman–Crippen MR) is 125 cm³/mol. The van der Waals surface area contributed by atoms with E-state index < -0.39 is 0 Å². The molecule has 3 rings (SSSR count). The number of ether oxygens (including phenoxy) is 1. The molecule has 1 saturated heterocycles. The van der Waals surface area contributed by atoms with Gasteiger partial charge in [-0.2, -0.15) is 5.10 Å². The van der Waals surface area contributed by atoms with Crippen molar-refractivity contribution in [1.29, 1.82) is 0 Å². The van der Waals surface area contributed by atoms with Gasteiger partial charge in [0.1, 0.15) is 18.9 Å². The summed E-state index contributed by atoms with van der Waals surface area (Å²) in [7, 11) is 1.84. The molecule has 0 radical (unpaired) electrons. The number of benzene rings is 1. The van der Waals surface area contributed by atoms with Crippen LogP contribution in [0.4, 0.5) is 5.69 Å². The average molecular weight is 533 g/mol. The quantitative estimate of drug-likeness (QED) is 0.268. The Morgan fingerprint density at radius 3 is 2.79 bits per heavy atom. The SMILES string of the molecule is CCNC(=NCCOc1ccccc1Cl)N1CCN(c2cnn(C)c2)C(=O)C1.I. The van der Waals surface area contributed by atoms with Crippen molar-refractivity contribution in [1.82, 2.24) is 20.0 Å². The Morgan fingerprint density at radius 1 is 1.34 bits per heavy atom. The summed E-state index contributed by atoms with van der Waals surface area (Å²) in [5, 5.41) is 7.97. The summed E-state index contributed by atoms with van der Waals surface area (Å²) >= 11 is 6.09. The van der Waals surface area contributed by atoms with Crippen LogP contribution in [0.3, 0.4) is 0 Å². The molecular weight excluding hydrogens is 507 g/mol. The molecule has 1 aromatic heterocycles. The molecule has 1 aromatic carbocycles. The molecule has 1 aliphatic heterocycles. The van der Waals surface area contributed by atoms with E-state index in [9.17, 15) is 4.79 Å². The van der Waals surface area contributed by atoms with Gasteiger partial charge in [-0.3, -0.25) is 9.48 Å². The van der Waals surface area contributed by atoms with Crippen molar-refractivity contribution in [2.24, 2.45) is 12.0 Å². The van der Waals surface area contributed by atoms with Crippen LogP contribution in [-0.4, -0.2) is 65.9 Å². The topological polar surface area (TPSA) is 75.0 Å². The number of guanidine groups is 1. The molecule has 8 nitrogen and oxygen atoms in total. The summed E-state index contributed by atoms with van der Waals surface area (Å²) in [5.74, 6) is 1.38. The van der Waals surface area contributed by atoms with E-state index in [2.05, 4.69) is 15.4 Å². The highest BCUT2D eigenvalue weighted by molar-refractivity contribution is 14.0. The molecule has 1 fully saturated rings. The number of aromatic nitrogens is 2. The first-order chi connectivity index (χ1) is 13.6. The first-order valence-corrected chi connectivity index (χ1v) is 9.66. The third-order valence-corrected chi connectivity index (χ3v) is 4.62. The lowest BCUT2D eigenvalue weighted by molar-refractivity contribution is -0.120. The zero-order valence-corrected chi connectivity index (χ0v) is 19.6. The maximum absolute atomic E-state index is 12.6. The summed E-state index contributed by atoms with van der Waals surface area (Å²) in [6, 6.07) is 7.35. The lowest BCUT2D eigenvalue weighted by Crippen LogP contribution is -2.55. The molecule has 1 N–H and O–H groups in total. The second-order valence-corrected chi connectivity index (χ2v) is 6.76. The normalized spacial score (nSPS) is 14.6. The maximum atomic E-state index is 12.6. The molecule has 1 amide bonds. The number of aryl methyl sites for hydroxylation is 1. The van der Waals surface area contributed by atoms with Crippen LogP contribution in [-0.2, 0) is 11.8 Å². The number of carbonyl (C=O) groups excluding carboxylic acids is 1. The van der Waals surface area contributed by atoms with Gasteiger partial charge in [0.15, 0.2) is 5.96 Å². The van der Waals surface area contributed by atoms with Gasteiger partial charge in [0.2, 0.25) is 5.91 Å². The van der Waals surface area contributed by atoms with Crippen LogP contribution in [0, 0.1) is 0 Å². The summed E-state index contributed by atoms with van der Waals surface area (Å²) in [4.78, 5) is 20.9. The van der Waals surface area contributed by atoms with Gasteiger partial charge in [0, 0.05) is 32.9 Å². The molecule has 29 heavy (non-hydrogen) atoms. The molecule has 0 atom stereocenters. The Balaban J connectivity index is 0.00000300. The lowest BCUT2D eigenvalue weighted by Gasteiger charge is -2.35. The molecule has 0 spiro atoms. The molecular formula is C19H26ClIN6O2. The van der Waals surface area contributed by atoms with Gasteiger partial charge in [-0.15, -0.1) is 24.0 Å². The Kier molecular flexibility index (Phi) is 9.02. The molecule has 2 aromatic rings. The number of piperazine rings is 1. The summed E-state index contributed by atoms with van der Waals surface area (Å²) in [6.45, 7) is 5.15. The number of hydrogen-bond donors (Lipinski definition) is 1. The number of nitrogens with one attached hydrogen (secondary N) is 1. The Labute approximate surface area is 192 Å². The molecule has 10 heteroatoms. The zero-order chi connectivity index (χ0) is 19.9. The number of rotatable bonds is 6. The molecule has 0 bridgehead atoms. The van der Waals surface area contributed by atoms with Crippen LogP contribution in [0.1, 0.15) is 6.92 Å². The van der Waals surface area contributed by atoms with Crippen LogP contribution >= 0.6 is 35.6 Å². The second-order valence-electron chi connectivity index (χ2n) is 6.35. The van der Waals surface area contributed by atoms with Gasteiger partial charge < -0.3 is 19.9 Å². The minimum Gasteiger partial charge on any atom is -0.490 e. The number of aliphatic imine (C=N–C) groups is 1. The highest BCUT2D eigenvalue weighted by Crippen LogP contribution is 2.22. The largest absolute Gasteiger partial charge is 0.490 e. The van der Waals surface area contributed by atoms with Crippen molar-refractivity contribution in [2.45, 2.75) is 6.92 Å². The van der Waals surface area contributed by atoms with E-state index in [1.807, 2.05) is 43.3 Å². The number of anilines is 1. The maximum Gasteiger partial charge on any atom is 0.246 e. The fraction of sp³-hybridized carbons (Fsp3) is 0.421. The van der Waals surface area contributed by atoms with Gasteiger partial charge >= 0.3 is 0 Å². The van der Waals surface area contributed by atoms with Gasteiger partial charge in [-0.1, -0.05) is 23.7 Å². The summed E-state index contributed by atoms with van der Waals surface area (Å²) in [6.07, 6.45) is 3.55. The summed E-state index contributed by atoms with van der Waals surface area (Å²) in [5.41, 5.74) is 0.822. The predicted octanol–water partition coefficient (Wildman–Crippen LogP) is 2.38. The molecule has 0 unspecified atom stereocenters. The van der Waals surface area contributed by atoms with Gasteiger partial charge in [0.25, 0.3) is 0 Å². The van der Waals surface area contributed by atoms with Gasteiger partial charge in [-0.05, 0) is 19.1 Å². The van der Waals surface area contributed by atoms with E-state index in [0.29, 0.717) is 43.0 Å². The van der Waals surface area contributed by atoms with Gasteiger partial charge in [0.05, 0.1) is 23.5 Å². The van der Waals surface area contributed by atoms with E-state index in [1.165, 1.54) is 0 Å². The minimum atomic E-state index is 0. The van der Waals surface area contributed by atoms with Crippen molar-refractivity contribution < 1.29 is 9.53 Å². The van der Waals surface area contributed by atoms with Gasteiger partial charge in [-0.25, -0.2) is 4.99 Å². The fourth-order valence-electron chi connectivity index (χ4n) is 2.97. The number of hydrogen-bond acceptors (Lipinski definition) is 4. The van der Waals surface area contributed by atoms with E-state index in [4.69, 9.17) is 16.3 Å². The highest BCUT2D eigenvalue weighted by atomic mass is 127. The molecule has 2 heterocycles. The van der Waals surface area contributed by atoms with Crippen LogP contribution in [0.25, 0.3) is 0 Å². The molecule has 1 aliphatic rings. The van der Waals surface area contributed by atoms with E-state index in [-0.39, 0.29) is 36.4 Å².